The zero-order valence-corrected chi connectivity index (χ0v) is 14.0. The zero-order chi connectivity index (χ0) is 17.6. The van der Waals surface area contributed by atoms with Gasteiger partial charge in [-0.25, -0.2) is 4.79 Å². The van der Waals surface area contributed by atoms with Crippen LogP contribution < -0.4 is 0 Å². The molecule has 0 unspecified atom stereocenters. The average Bonchev–Trinajstić information content (AvgIpc) is 3.20. The number of thiophene rings is 1. The maximum Gasteiger partial charge on any atom is 0.339 e. The first-order valence-electron chi connectivity index (χ1n) is 7.52. The largest absolute Gasteiger partial charge is 0.457 e. The maximum atomic E-state index is 12.5. The summed E-state index contributed by atoms with van der Waals surface area (Å²) >= 11 is 1.33. The van der Waals surface area contributed by atoms with E-state index in [1.807, 2.05) is 11.4 Å². The molecule has 0 amide bonds. The van der Waals surface area contributed by atoms with Crippen LogP contribution >= 0.6 is 11.3 Å². The predicted molar refractivity (Wildman–Crippen MR) is 94.5 cm³/mol. The van der Waals surface area contributed by atoms with Gasteiger partial charge in [-0.05, 0) is 35.2 Å². The van der Waals surface area contributed by atoms with Gasteiger partial charge in [0.15, 0.2) is 0 Å². The van der Waals surface area contributed by atoms with E-state index in [1.54, 1.807) is 60.7 Å². The van der Waals surface area contributed by atoms with E-state index in [1.165, 1.54) is 11.3 Å². The molecule has 25 heavy (non-hydrogen) atoms. The predicted octanol–water partition coefficient (Wildman–Crippen LogP) is 4.21. The molecule has 3 aromatic rings. The molecule has 0 fully saturated rings. The lowest BCUT2D eigenvalue weighted by Gasteiger charge is -2.08. The van der Waals surface area contributed by atoms with Gasteiger partial charge in [0.05, 0.1) is 22.1 Å². The zero-order valence-electron chi connectivity index (χ0n) is 13.1. The highest BCUT2D eigenvalue weighted by atomic mass is 32.1. The molecule has 0 aliphatic heterocycles. The van der Waals surface area contributed by atoms with E-state index in [9.17, 15) is 9.59 Å². The molecule has 0 radical (unpaired) electrons. The number of nitrogens with zero attached hydrogens (tertiary/aromatic N) is 1. The first kappa shape index (κ1) is 16.6. The number of ketones is 1. The molecule has 0 saturated heterocycles. The summed E-state index contributed by atoms with van der Waals surface area (Å²) in [6, 6.07) is 19.0. The fourth-order valence-electron chi connectivity index (χ4n) is 2.30. The number of esters is 1. The number of nitriles is 1. The number of hydrogen-bond acceptors (Lipinski definition) is 5. The van der Waals surface area contributed by atoms with Gasteiger partial charge in [-0.15, -0.1) is 11.3 Å². The highest BCUT2D eigenvalue weighted by Gasteiger charge is 2.19. The molecular weight excluding hydrogens is 334 g/mol. The van der Waals surface area contributed by atoms with Crippen molar-refractivity contribution in [3.63, 3.8) is 0 Å². The summed E-state index contributed by atoms with van der Waals surface area (Å²) in [5.74, 6) is -0.745. The molecule has 122 valence electrons. The minimum absolute atomic E-state index is 0.0755. The SMILES string of the molecule is N#Cc1ccc(COC(=O)c2ccccc2C(=O)c2cccs2)cc1. The summed E-state index contributed by atoms with van der Waals surface area (Å²) in [4.78, 5) is 25.5. The second-order valence-corrected chi connectivity index (χ2v) is 6.18. The number of hydrogen-bond donors (Lipinski definition) is 0. The Kier molecular flexibility index (Phi) is 5.03. The number of rotatable bonds is 5. The quantitative estimate of drug-likeness (QED) is 0.512. The summed E-state index contributed by atoms with van der Waals surface area (Å²) < 4.78 is 5.33. The van der Waals surface area contributed by atoms with Crippen LogP contribution in [-0.2, 0) is 11.3 Å². The molecule has 0 aliphatic carbocycles. The van der Waals surface area contributed by atoms with Crippen LogP contribution in [0.5, 0.6) is 0 Å². The molecule has 3 rings (SSSR count). The van der Waals surface area contributed by atoms with Gasteiger partial charge in [0.2, 0.25) is 5.78 Å². The lowest BCUT2D eigenvalue weighted by atomic mass is 10.0. The molecule has 4 nitrogen and oxygen atoms in total. The van der Waals surface area contributed by atoms with Crippen LogP contribution in [0.2, 0.25) is 0 Å². The summed E-state index contributed by atoms with van der Waals surface area (Å²) in [5.41, 5.74) is 1.89. The van der Waals surface area contributed by atoms with E-state index in [2.05, 4.69) is 0 Å². The Morgan fingerprint density at radius 3 is 2.32 bits per heavy atom. The van der Waals surface area contributed by atoms with Crippen molar-refractivity contribution in [2.75, 3.05) is 0 Å². The van der Waals surface area contributed by atoms with E-state index < -0.39 is 5.97 Å². The third-order valence-electron chi connectivity index (χ3n) is 3.59. The second kappa shape index (κ2) is 7.56. The highest BCUT2D eigenvalue weighted by molar-refractivity contribution is 7.12. The Bertz CT molecular complexity index is 938. The third kappa shape index (κ3) is 3.82. The van der Waals surface area contributed by atoms with Crippen molar-refractivity contribution < 1.29 is 14.3 Å². The van der Waals surface area contributed by atoms with E-state index in [4.69, 9.17) is 10.00 Å². The molecule has 0 atom stereocenters. The highest BCUT2D eigenvalue weighted by Crippen LogP contribution is 2.19. The van der Waals surface area contributed by atoms with Gasteiger partial charge in [-0.3, -0.25) is 4.79 Å². The number of benzene rings is 2. The fraction of sp³-hybridized carbons (Fsp3) is 0.0500. The van der Waals surface area contributed by atoms with Crippen LogP contribution in [0.15, 0.2) is 66.0 Å². The second-order valence-electron chi connectivity index (χ2n) is 5.24. The number of carbonyl (C=O) groups is 2. The van der Waals surface area contributed by atoms with Gasteiger partial charge in [-0.2, -0.15) is 5.26 Å². The summed E-state index contributed by atoms with van der Waals surface area (Å²) in [7, 11) is 0. The van der Waals surface area contributed by atoms with Crippen LogP contribution in [0.3, 0.4) is 0 Å². The molecule has 0 bridgehead atoms. The van der Waals surface area contributed by atoms with Crippen LogP contribution in [0.1, 0.15) is 36.7 Å². The van der Waals surface area contributed by atoms with Crippen molar-refractivity contribution >= 4 is 23.1 Å². The van der Waals surface area contributed by atoms with E-state index >= 15 is 0 Å². The average molecular weight is 347 g/mol. The van der Waals surface area contributed by atoms with Crippen LogP contribution in [0, 0.1) is 11.3 Å². The molecule has 0 spiro atoms. The van der Waals surface area contributed by atoms with Crippen molar-refractivity contribution in [1.82, 2.24) is 0 Å². The standard InChI is InChI=1S/C20H13NO3S/c21-12-14-7-9-15(10-8-14)13-24-20(23)17-5-2-1-4-16(17)19(22)18-6-3-11-25-18/h1-11H,13H2. The van der Waals surface area contributed by atoms with E-state index in [0.717, 1.165) is 5.56 Å². The lowest BCUT2D eigenvalue weighted by Crippen LogP contribution is -2.12. The van der Waals surface area contributed by atoms with E-state index in [-0.39, 0.29) is 18.0 Å². The number of ether oxygens (including phenoxy) is 1. The van der Waals surface area contributed by atoms with Gasteiger partial charge >= 0.3 is 5.97 Å². The minimum Gasteiger partial charge on any atom is -0.457 e. The Morgan fingerprint density at radius 1 is 0.960 bits per heavy atom. The van der Waals surface area contributed by atoms with Crippen LogP contribution in [-0.4, -0.2) is 11.8 Å². The fourth-order valence-corrected chi connectivity index (χ4v) is 2.98. The van der Waals surface area contributed by atoms with Gasteiger partial charge in [0.25, 0.3) is 0 Å². The normalized spacial score (nSPS) is 10.0. The smallest absolute Gasteiger partial charge is 0.339 e. The van der Waals surface area contributed by atoms with Gasteiger partial charge in [-0.1, -0.05) is 36.4 Å². The number of carbonyl (C=O) groups excluding carboxylic acids is 2. The molecule has 1 aromatic heterocycles. The van der Waals surface area contributed by atoms with Crippen molar-refractivity contribution in [3.8, 4) is 6.07 Å². The molecule has 0 saturated carbocycles. The Morgan fingerprint density at radius 2 is 1.68 bits per heavy atom. The molecule has 1 heterocycles. The van der Waals surface area contributed by atoms with E-state index in [0.29, 0.717) is 16.0 Å². The monoisotopic (exact) mass is 347 g/mol. The summed E-state index contributed by atoms with van der Waals surface area (Å²) in [5, 5.41) is 10.6. The summed E-state index contributed by atoms with van der Waals surface area (Å²) in [6.07, 6.45) is 0. The Labute approximate surface area is 148 Å². The molecule has 2 aromatic carbocycles. The summed E-state index contributed by atoms with van der Waals surface area (Å²) in [6.45, 7) is 0.0755. The first-order valence-corrected chi connectivity index (χ1v) is 8.40. The molecule has 5 heteroatoms. The minimum atomic E-state index is -0.551. The van der Waals surface area contributed by atoms with Crippen molar-refractivity contribution in [2.45, 2.75) is 6.61 Å². The van der Waals surface area contributed by atoms with Crippen LogP contribution in [0.25, 0.3) is 0 Å². The van der Waals surface area contributed by atoms with Crippen molar-refractivity contribution in [3.05, 3.63) is 93.2 Å². The Balaban J connectivity index is 1.76. The molecule has 0 N–H and O–H groups in total. The van der Waals surface area contributed by atoms with Gasteiger partial charge < -0.3 is 4.74 Å². The van der Waals surface area contributed by atoms with Crippen molar-refractivity contribution in [1.29, 1.82) is 5.26 Å². The molecule has 0 aliphatic rings. The Hall–Kier alpha value is -3.23. The molecular formula is C20H13NO3S. The topological polar surface area (TPSA) is 67.2 Å². The maximum absolute atomic E-state index is 12.5. The van der Waals surface area contributed by atoms with Gasteiger partial charge in [0, 0.05) is 5.56 Å². The van der Waals surface area contributed by atoms with Crippen LogP contribution in [0.4, 0.5) is 0 Å². The first-order chi connectivity index (χ1) is 12.2. The van der Waals surface area contributed by atoms with Crippen molar-refractivity contribution in [2.24, 2.45) is 0 Å². The van der Waals surface area contributed by atoms with Gasteiger partial charge in [0.1, 0.15) is 6.61 Å². The third-order valence-corrected chi connectivity index (χ3v) is 4.46. The lowest BCUT2D eigenvalue weighted by molar-refractivity contribution is 0.0470.